The van der Waals surface area contributed by atoms with Crippen LogP contribution in [0.4, 0.5) is 4.79 Å². The quantitative estimate of drug-likeness (QED) is 0.279. The molecule has 1 aromatic carbocycles. The molecule has 2 rings (SSSR count). The Labute approximate surface area is 195 Å². The molecule has 0 spiro atoms. The minimum Gasteiger partial charge on any atom is -0.497 e. The number of methoxy groups -OCH3 is 3. The average molecular weight is 536 g/mol. The third kappa shape index (κ3) is 7.38. The van der Waals surface area contributed by atoms with E-state index in [1.165, 1.54) is 7.11 Å². The number of aliphatic hydroxyl groups excluding tert-OH is 1. The standard InChI is InChI=1S/C20H32N4O5.HI/c1-5-21-19(23-14-8-10-24(11-9-14)20(26)29-4)22-13-17(25)16-12-15(27-2)6-7-18(16)28-3;/h6-7,12,14,17,25H,5,8-11,13H2,1-4H3,(H2,21,22,23);1H. The summed E-state index contributed by atoms with van der Waals surface area (Å²) in [4.78, 5) is 17.8. The van der Waals surface area contributed by atoms with Gasteiger partial charge in [0.25, 0.3) is 0 Å². The van der Waals surface area contributed by atoms with Crippen LogP contribution in [0.3, 0.4) is 0 Å². The number of carbonyl (C=O) groups is 1. The number of likely N-dealkylation sites (tertiary alicyclic amines) is 1. The van der Waals surface area contributed by atoms with Gasteiger partial charge in [-0.2, -0.15) is 0 Å². The Morgan fingerprint density at radius 2 is 1.97 bits per heavy atom. The van der Waals surface area contributed by atoms with Crippen LogP contribution < -0.4 is 20.1 Å². The van der Waals surface area contributed by atoms with Crippen LogP contribution >= 0.6 is 24.0 Å². The van der Waals surface area contributed by atoms with E-state index in [9.17, 15) is 9.90 Å². The highest BCUT2D eigenvalue weighted by molar-refractivity contribution is 14.0. The lowest BCUT2D eigenvalue weighted by molar-refractivity contribution is 0.111. The molecule has 1 saturated heterocycles. The first-order valence-electron chi connectivity index (χ1n) is 9.80. The van der Waals surface area contributed by atoms with Crippen molar-refractivity contribution in [1.29, 1.82) is 0 Å². The van der Waals surface area contributed by atoms with E-state index in [4.69, 9.17) is 14.2 Å². The predicted molar refractivity (Wildman–Crippen MR) is 126 cm³/mol. The zero-order valence-electron chi connectivity index (χ0n) is 18.0. The summed E-state index contributed by atoms with van der Waals surface area (Å²) in [5.41, 5.74) is 0.623. The number of halogens is 1. The number of rotatable bonds is 7. The summed E-state index contributed by atoms with van der Waals surface area (Å²) in [6.07, 6.45) is 0.466. The third-order valence-corrected chi connectivity index (χ3v) is 4.83. The Hall–Kier alpha value is -1.95. The fourth-order valence-electron chi connectivity index (χ4n) is 3.22. The molecule has 0 saturated carbocycles. The number of nitrogens with one attached hydrogen (secondary N) is 2. The second kappa shape index (κ2) is 13.4. The summed E-state index contributed by atoms with van der Waals surface area (Å²) in [5, 5.41) is 17.2. The second-order valence-electron chi connectivity index (χ2n) is 6.72. The van der Waals surface area contributed by atoms with Crippen LogP contribution in [0.5, 0.6) is 11.5 Å². The monoisotopic (exact) mass is 536 g/mol. The van der Waals surface area contributed by atoms with Crippen molar-refractivity contribution < 1.29 is 24.1 Å². The molecule has 1 unspecified atom stereocenters. The molecule has 10 heteroatoms. The first-order valence-corrected chi connectivity index (χ1v) is 9.80. The first kappa shape index (κ1) is 26.1. The van der Waals surface area contributed by atoms with E-state index in [1.807, 2.05) is 6.92 Å². The van der Waals surface area contributed by atoms with E-state index >= 15 is 0 Å². The number of amides is 1. The molecule has 1 heterocycles. The molecule has 0 aliphatic carbocycles. The number of nitrogens with zero attached hydrogens (tertiary/aromatic N) is 2. The number of benzene rings is 1. The van der Waals surface area contributed by atoms with Crippen molar-refractivity contribution in [3.63, 3.8) is 0 Å². The zero-order chi connectivity index (χ0) is 21.2. The molecule has 0 bridgehead atoms. The fraction of sp³-hybridized carbons (Fsp3) is 0.600. The van der Waals surface area contributed by atoms with Gasteiger partial charge in [-0.25, -0.2) is 4.79 Å². The molecule has 1 aliphatic rings. The van der Waals surface area contributed by atoms with Crippen LogP contribution in [0.2, 0.25) is 0 Å². The van der Waals surface area contributed by atoms with Crippen molar-refractivity contribution in [2.75, 3.05) is 47.5 Å². The molecule has 3 N–H and O–H groups in total. The molecule has 0 radical (unpaired) electrons. The highest BCUT2D eigenvalue weighted by Gasteiger charge is 2.24. The van der Waals surface area contributed by atoms with Crippen molar-refractivity contribution in [3.8, 4) is 11.5 Å². The predicted octanol–water partition coefficient (Wildman–Crippen LogP) is 2.14. The summed E-state index contributed by atoms with van der Waals surface area (Å²) in [7, 11) is 4.54. The van der Waals surface area contributed by atoms with Crippen LogP contribution in [0.25, 0.3) is 0 Å². The van der Waals surface area contributed by atoms with E-state index in [0.29, 0.717) is 42.7 Å². The molecule has 170 valence electrons. The summed E-state index contributed by atoms with van der Waals surface area (Å²) < 4.78 is 15.4. The number of carbonyl (C=O) groups excluding carboxylic acids is 1. The van der Waals surface area contributed by atoms with Gasteiger partial charge in [0, 0.05) is 31.2 Å². The van der Waals surface area contributed by atoms with Gasteiger partial charge < -0.3 is 34.9 Å². The van der Waals surface area contributed by atoms with Crippen molar-refractivity contribution in [3.05, 3.63) is 23.8 Å². The van der Waals surface area contributed by atoms with E-state index < -0.39 is 6.10 Å². The van der Waals surface area contributed by atoms with Crippen molar-refractivity contribution in [1.82, 2.24) is 15.5 Å². The Morgan fingerprint density at radius 3 is 2.53 bits per heavy atom. The number of aliphatic hydroxyl groups is 1. The highest BCUT2D eigenvalue weighted by atomic mass is 127. The van der Waals surface area contributed by atoms with E-state index in [0.717, 1.165) is 12.8 Å². The maximum Gasteiger partial charge on any atom is 0.409 e. The molecule has 1 atom stereocenters. The van der Waals surface area contributed by atoms with Crippen molar-refractivity contribution in [2.45, 2.75) is 31.9 Å². The van der Waals surface area contributed by atoms with Gasteiger partial charge in [0.2, 0.25) is 0 Å². The van der Waals surface area contributed by atoms with Crippen LogP contribution in [0.1, 0.15) is 31.4 Å². The molecule has 9 nitrogen and oxygen atoms in total. The Balaban J connectivity index is 0.00000450. The topological polar surface area (TPSA) is 105 Å². The zero-order valence-corrected chi connectivity index (χ0v) is 20.3. The summed E-state index contributed by atoms with van der Waals surface area (Å²) in [6, 6.07) is 5.49. The van der Waals surface area contributed by atoms with Crippen LogP contribution in [-0.2, 0) is 4.74 Å². The molecule has 1 aromatic rings. The van der Waals surface area contributed by atoms with Gasteiger partial charge in [0.1, 0.15) is 17.6 Å². The van der Waals surface area contributed by atoms with Gasteiger partial charge in [-0.1, -0.05) is 0 Å². The van der Waals surface area contributed by atoms with Crippen LogP contribution in [-0.4, -0.2) is 75.6 Å². The van der Waals surface area contributed by atoms with Crippen molar-refractivity contribution in [2.24, 2.45) is 4.99 Å². The molecular weight excluding hydrogens is 503 g/mol. The Kier molecular flexibility index (Phi) is 11.6. The molecule has 30 heavy (non-hydrogen) atoms. The number of ether oxygens (including phenoxy) is 3. The van der Waals surface area contributed by atoms with Crippen molar-refractivity contribution >= 4 is 36.0 Å². The summed E-state index contributed by atoms with van der Waals surface area (Å²) in [6.45, 7) is 4.12. The van der Waals surface area contributed by atoms with Crippen LogP contribution in [0.15, 0.2) is 23.2 Å². The van der Waals surface area contributed by atoms with E-state index in [1.54, 1.807) is 37.3 Å². The fourth-order valence-corrected chi connectivity index (χ4v) is 3.22. The number of aliphatic imine (C=N–C) groups is 1. The number of piperidine rings is 1. The van der Waals surface area contributed by atoms with E-state index in [-0.39, 0.29) is 42.7 Å². The van der Waals surface area contributed by atoms with Gasteiger partial charge in [-0.3, -0.25) is 4.99 Å². The lowest BCUT2D eigenvalue weighted by Crippen LogP contribution is -2.49. The first-order chi connectivity index (χ1) is 14.0. The SMILES string of the molecule is CCNC(=NCC(O)c1cc(OC)ccc1OC)NC1CCN(C(=O)OC)CC1.I. The largest absolute Gasteiger partial charge is 0.497 e. The van der Waals surface area contributed by atoms with Crippen LogP contribution in [0, 0.1) is 0 Å². The van der Waals surface area contributed by atoms with Gasteiger partial charge in [0.15, 0.2) is 5.96 Å². The van der Waals surface area contributed by atoms with E-state index in [2.05, 4.69) is 15.6 Å². The highest BCUT2D eigenvalue weighted by Crippen LogP contribution is 2.29. The smallest absolute Gasteiger partial charge is 0.409 e. The second-order valence-corrected chi connectivity index (χ2v) is 6.72. The third-order valence-electron chi connectivity index (χ3n) is 4.83. The molecular formula is C20H33IN4O5. The Bertz CT molecular complexity index is 696. The van der Waals surface area contributed by atoms with Gasteiger partial charge in [-0.05, 0) is 38.0 Å². The van der Waals surface area contributed by atoms with Gasteiger partial charge >= 0.3 is 6.09 Å². The average Bonchev–Trinajstić information content (AvgIpc) is 2.76. The molecule has 0 aromatic heterocycles. The normalized spacial score (nSPS) is 15.6. The van der Waals surface area contributed by atoms with Gasteiger partial charge in [-0.15, -0.1) is 24.0 Å². The minimum atomic E-state index is -0.836. The van der Waals surface area contributed by atoms with Gasteiger partial charge in [0.05, 0.1) is 27.9 Å². The summed E-state index contributed by atoms with van der Waals surface area (Å²) >= 11 is 0. The minimum absolute atomic E-state index is 0. The molecule has 1 aliphatic heterocycles. The maximum absolute atomic E-state index is 11.6. The number of hydrogen-bond donors (Lipinski definition) is 3. The lowest BCUT2D eigenvalue weighted by Gasteiger charge is -2.32. The number of hydrogen-bond acceptors (Lipinski definition) is 6. The lowest BCUT2D eigenvalue weighted by atomic mass is 10.1. The number of guanidine groups is 1. The maximum atomic E-state index is 11.6. The summed E-state index contributed by atoms with van der Waals surface area (Å²) in [5.74, 6) is 1.86. The molecule has 1 amide bonds. The molecule has 1 fully saturated rings. The Morgan fingerprint density at radius 1 is 1.27 bits per heavy atom.